The van der Waals surface area contributed by atoms with Crippen molar-refractivity contribution in [1.29, 1.82) is 0 Å². The zero-order valence-electron chi connectivity index (χ0n) is 11.5. The van der Waals surface area contributed by atoms with Gasteiger partial charge in [-0.2, -0.15) is 18.3 Å². The number of hydrogen-bond acceptors (Lipinski definition) is 4. The van der Waals surface area contributed by atoms with Crippen LogP contribution >= 0.6 is 0 Å². The summed E-state index contributed by atoms with van der Waals surface area (Å²) in [5, 5.41) is 7.23. The van der Waals surface area contributed by atoms with Gasteiger partial charge in [0.1, 0.15) is 5.69 Å². The fourth-order valence-corrected chi connectivity index (χ4v) is 2.35. The summed E-state index contributed by atoms with van der Waals surface area (Å²) in [7, 11) is 0. The zero-order chi connectivity index (χ0) is 16.0. The Balaban J connectivity index is 1.91. The molecular weight excluding hydrogens is 307 g/mol. The van der Waals surface area contributed by atoms with Crippen LogP contribution in [0, 0.1) is 0 Å². The van der Waals surface area contributed by atoms with E-state index >= 15 is 0 Å². The summed E-state index contributed by atoms with van der Waals surface area (Å²) < 4.78 is 37.8. The minimum atomic E-state index is -4.57. The van der Waals surface area contributed by atoms with Gasteiger partial charge in [-0.1, -0.05) is 24.3 Å². The smallest absolute Gasteiger partial charge is 0.255 e. The Hall–Kier alpha value is -3.03. The number of pyridine rings is 2. The topological polar surface area (TPSA) is 67.3 Å². The molecule has 0 aliphatic rings. The van der Waals surface area contributed by atoms with Crippen molar-refractivity contribution >= 4 is 21.8 Å². The summed E-state index contributed by atoms with van der Waals surface area (Å²) in [6.45, 7) is 0. The van der Waals surface area contributed by atoms with E-state index in [1.54, 1.807) is 18.3 Å². The van der Waals surface area contributed by atoms with Crippen LogP contribution in [-0.2, 0) is 6.18 Å². The molecule has 8 heteroatoms. The number of aromatic amines is 1. The molecule has 0 amide bonds. The summed E-state index contributed by atoms with van der Waals surface area (Å²) in [5.74, 6) is -1.25. The van der Waals surface area contributed by atoms with Crippen LogP contribution in [-0.4, -0.2) is 25.1 Å². The molecule has 4 rings (SSSR count). The SMILES string of the molecule is FC(F)(F)c1nc(-c2ccc3ccc4cccnc4c3n2)n[nH]1. The average Bonchev–Trinajstić information content (AvgIpc) is 3.04. The van der Waals surface area contributed by atoms with Gasteiger partial charge < -0.3 is 0 Å². The number of benzene rings is 1. The third-order valence-corrected chi connectivity index (χ3v) is 3.42. The van der Waals surface area contributed by atoms with Crippen LogP contribution in [0.1, 0.15) is 5.82 Å². The van der Waals surface area contributed by atoms with E-state index in [1.165, 1.54) is 0 Å². The Morgan fingerprint density at radius 1 is 0.870 bits per heavy atom. The van der Waals surface area contributed by atoms with Crippen molar-refractivity contribution in [3.8, 4) is 11.5 Å². The number of hydrogen-bond donors (Lipinski definition) is 1. The lowest BCUT2D eigenvalue weighted by atomic mass is 10.1. The molecule has 23 heavy (non-hydrogen) atoms. The van der Waals surface area contributed by atoms with Crippen molar-refractivity contribution in [1.82, 2.24) is 25.1 Å². The first kappa shape index (κ1) is 13.6. The maximum absolute atomic E-state index is 12.6. The third-order valence-electron chi connectivity index (χ3n) is 3.42. The molecule has 0 unspecified atom stereocenters. The molecule has 1 N–H and O–H groups in total. The normalized spacial score (nSPS) is 12.1. The number of aromatic nitrogens is 5. The van der Waals surface area contributed by atoms with E-state index in [9.17, 15) is 13.2 Å². The van der Waals surface area contributed by atoms with E-state index in [1.807, 2.05) is 29.4 Å². The van der Waals surface area contributed by atoms with E-state index in [0.29, 0.717) is 11.0 Å². The minimum absolute atomic E-state index is 0.104. The van der Waals surface area contributed by atoms with E-state index in [2.05, 4.69) is 20.1 Å². The summed E-state index contributed by atoms with van der Waals surface area (Å²) in [6, 6.07) is 10.8. The van der Waals surface area contributed by atoms with Crippen LogP contribution < -0.4 is 0 Å². The molecule has 1 aromatic carbocycles. The van der Waals surface area contributed by atoms with E-state index in [-0.39, 0.29) is 11.5 Å². The summed E-state index contributed by atoms with van der Waals surface area (Å²) in [5.41, 5.74) is 1.53. The van der Waals surface area contributed by atoms with Gasteiger partial charge in [-0.25, -0.2) is 9.97 Å². The molecule has 0 fully saturated rings. The number of alkyl halides is 3. The van der Waals surface area contributed by atoms with Gasteiger partial charge in [0.05, 0.1) is 11.0 Å². The van der Waals surface area contributed by atoms with Crippen LogP contribution in [0.3, 0.4) is 0 Å². The second kappa shape index (κ2) is 4.73. The molecule has 0 bridgehead atoms. The lowest BCUT2D eigenvalue weighted by Crippen LogP contribution is -2.07. The maximum atomic E-state index is 12.6. The van der Waals surface area contributed by atoms with E-state index < -0.39 is 12.0 Å². The van der Waals surface area contributed by atoms with Crippen LogP contribution in [0.15, 0.2) is 42.6 Å². The quantitative estimate of drug-likeness (QED) is 0.545. The first-order valence-corrected chi connectivity index (χ1v) is 6.67. The molecule has 0 spiro atoms. The van der Waals surface area contributed by atoms with Gasteiger partial charge in [0.15, 0.2) is 5.82 Å². The fraction of sp³-hybridized carbons (Fsp3) is 0.0667. The summed E-state index contributed by atoms with van der Waals surface area (Å²) in [6.07, 6.45) is -2.93. The van der Waals surface area contributed by atoms with Crippen LogP contribution in [0.5, 0.6) is 0 Å². The number of nitrogens with one attached hydrogen (secondary N) is 1. The highest BCUT2D eigenvalue weighted by atomic mass is 19.4. The molecule has 0 saturated heterocycles. The highest BCUT2D eigenvalue weighted by molar-refractivity contribution is 6.03. The second-order valence-electron chi connectivity index (χ2n) is 4.91. The standard InChI is InChI=1S/C15H8F3N5/c16-15(17,18)14-21-13(22-23-14)10-6-5-9-4-3-8-2-1-7-19-11(8)12(9)20-10/h1-7H,(H,21,22,23). The molecule has 0 radical (unpaired) electrons. The van der Waals surface area contributed by atoms with Crippen molar-refractivity contribution in [3.63, 3.8) is 0 Å². The molecule has 0 saturated carbocycles. The van der Waals surface area contributed by atoms with Gasteiger partial charge in [0.2, 0.25) is 5.82 Å². The van der Waals surface area contributed by atoms with Gasteiger partial charge >= 0.3 is 6.18 Å². The molecule has 114 valence electrons. The van der Waals surface area contributed by atoms with Gasteiger partial charge in [0.25, 0.3) is 0 Å². The maximum Gasteiger partial charge on any atom is 0.451 e. The minimum Gasteiger partial charge on any atom is -0.255 e. The van der Waals surface area contributed by atoms with Gasteiger partial charge in [-0.15, -0.1) is 0 Å². The van der Waals surface area contributed by atoms with E-state index in [0.717, 1.165) is 10.8 Å². The lowest BCUT2D eigenvalue weighted by Gasteiger charge is -2.03. The number of rotatable bonds is 1. The molecule has 0 aliphatic carbocycles. The largest absolute Gasteiger partial charge is 0.451 e. The lowest BCUT2D eigenvalue weighted by molar-refractivity contribution is -0.144. The zero-order valence-corrected chi connectivity index (χ0v) is 11.5. The Kier molecular flexibility index (Phi) is 2.80. The van der Waals surface area contributed by atoms with Gasteiger partial charge in [-0.05, 0) is 12.1 Å². The van der Waals surface area contributed by atoms with E-state index in [4.69, 9.17) is 0 Å². The van der Waals surface area contributed by atoms with Gasteiger partial charge in [-0.3, -0.25) is 10.1 Å². The monoisotopic (exact) mass is 315 g/mol. The molecule has 0 aliphatic heterocycles. The third kappa shape index (κ3) is 2.28. The van der Waals surface area contributed by atoms with Crippen molar-refractivity contribution < 1.29 is 13.2 Å². The number of halogens is 3. The predicted octanol–water partition coefficient (Wildman–Crippen LogP) is 3.59. The first-order chi connectivity index (χ1) is 11.0. The van der Waals surface area contributed by atoms with Crippen LogP contribution in [0.25, 0.3) is 33.3 Å². The average molecular weight is 315 g/mol. The Bertz CT molecular complexity index is 1020. The molecule has 0 atom stereocenters. The predicted molar refractivity (Wildman–Crippen MR) is 77.4 cm³/mol. The van der Waals surface area contributed by atoms with Crippen molar-refractivity contribution in [2.75, 3.05) is 0 Å². The molecule has 5 nitrogen and oxygen atoms in total. The summed E-state index contributed by atoms with van der Waals surface area (Å²) in [4.78, 5) is 12.2. The summed E-state index contributed by atoms with van der Waals surface area (Å²) >= 11 is 0. The van der Waals surface area contributed by atoms with Crippen molar-refractivity contribution in [3.05, 3.63) is 48.4 Å². The van der Waals surface area contributed by atoms with Crippen LogP contribution in [0.2, 0.25) is 0 Å². The highest BCUT2D eigenvalue weighted by Gasteiger charge is 2.35. The number of fused-ring (bicyclic) bond motifs is 3. The van der Waals surface area contributed by atoms with Crippen LogP contribution in [0.4, 0.5) is 13.2 Å². The number of nitrogens with zero attached hydrogens (tertiary/aromatic N) is 4. The Morgan fingerprint density at radius 2 is 1.61 bits per heavy atom. The van der Waals surface area contributed by atoms with Crippen molar-refractivity contribution in [2.24, 2.45) is 0 Å². The highest BCUT2D eigenvalue weighted by Crippen LogP contribution is 2.28. The fourth-order valence-electron chi connectivity index (χ4n) is 2.35. The first-order valence-electron chi connectivity index (χ1n) is 6.67. The Morgan fingerprint density at radius 3 is 2.35 bits per heavy atom. The molecular formula is C15H8F3N5. The number of H-pyrrole nitrogens is 1. The molecule has 4 aromatic rings. The molecule has 3 aromatic heterocycles. The molecule has 3 heterocycles. The van der Waals surface area contributed by atoms with Crippen molar-refractivity contribution in [2.45, 2.75) is 6.18 Å². The second-order valence-corrected chi connectivity index (χ2v) is 4.91. The Labute approximate surface area is 127 Å². The van der Waals surface area contributed by atoms with Gasteiger partial charge in [0, 0.05) is 17.0 Å².